The first-order valence-corrected chi connectivity index (χ1v) is 9.65. The van der Waals surface area contributed by atoms with Crippen LogP contribution < -0.4 is 4.74 Å². The van der Waals surface area contributed by atoms with Gasteiger partial charge in [0.1, 0.15) is 5.60 Å². The molecule has 0 bridgehead atoms. The molecule has 0 N–H and O–H groups in total. The summed E-state index contributed by atoms with van der Waals surface area (Å²) < 4.78 is 16.9. The molecule has 136 valence electrons. The molecule has 1 amide bonds. The zero-order chi connectivity index (χ0) is 17.9. The highest BCUT2D eigenvalue weighted by atomic mass is 32.1. The third-order valence-corrected chi connectivity index (χ3v) is 5.09. The number of likely N-dealkylation sites (tertiary alicyclic amines) is 1. The second-order valence-corrected chi connectivity index (χ2v) is 8.36. The van der Waals surface area contributed by atoms with Gasteiger partial charge < -0.3 is 14.4 Å². The molecular weight excluding hydrogens is 336 g/mol. The fourth-order valence-electron chi connectivity index (χ4n) is 3.08. The lowest BCUT2D eigenvalue weighted by Gasteiger charge is -2.34. The molecular formula is C19H26N2O3S. The van der Waals surface area contributed by atoms with Crippen molar-refractivity contribution in [1.82, 2.24) is 9.27 Å². The van der Waals surface area contributed by atoms with Crippen LogP contribution in [0.25, 0.3) is 10.1 Å². The van der Waals surface area contributed by atoms with Crippen molar-refractivity contribution < 1.29 is 14.3 Å². The Morgan fingerprint density at radius 2 is 2.16 bits per heavy atom. The molecule has 5 nitrogen and oxygen atoms in total. The smallest absolute Gasteiger partial charge is 0.410 e. The molecule has 0 aliphatic carbocycles. The summed E-state index contributed by atoms with van der Waals surface area (Å²) in [5.74, 6) is 1.17. The highest BCUT2D eigenvalue weighted by Gasteiger charge is 2.27. The predicted octanol–water partition coefficient (Wildman–Crippen LogP) is 4.71. The van der Waals surface area contributed by atoms with E-state index in [-0.39, 0.29) is 6.09 Å². The molecule has 1 aliphatic rings. The number of ether oxygens (including phenoxy) is 2. The van der Waals surface area contributed by atoms with Crippen LogP contribution in [0.3, 0.4) is 0 Å². The third-order valence-electron chi connectivity index (χ3n) is 4.28. The van der Waals surface area contributed by atoms with Crippen molar-refractivity contribution in [3.63, 3.8) is 0 Å². The van der Waals surface area contributed by atoms with Gasteiger partial charge in [-0.15, -0.1) is 0 Å². The van der Waals surface area contributed by atoms with E-state index in [1.165, 1.54) is 11.5 Å². The van der Waals surface area contributed by atoms with E-state index < -0.39 is 5.60 Å². The minimum Gasteiger partial charge on any atom is -0.477 e. The number of amides is 1. The summed E-state index contributed by atoms with van der Waals surface area (Å²) in [7, 11) is 0. The number of benzene rings is 1. The highest BCUT2D eigenvalue weighted by molar-refractivity contribution is 7.13. The van der Waals surface area contributed by atoms with Crippen LogP contribution in [0, 0.1) is 5.92 Å². The number of piperidine rings is 1. The van der Waals surface area contributed by atoms with Gasteiger partial charge in [0.15, 0.2) is 0 Å². The largest absolute Gasteiger partial charge is 0.477 e. The van der Waals surface area contributed by atoms with Gasteiger partial charge in [-0.05, 0) is 69.6 Å². The number of hydrogen-bond acceptors (Lipinski definition) is 5. The number of hydrogen-bond donors (Lipinski definition) is 0. The van der Waals surface area contributed by atoms with Gasteiger partial charge in [0.2, 0.25) is 5.88 Å². The summed E-state index contributed by atoms with van der Waals surface area (Å²) in [6, 6.07) is 8.11. The van der Waals surface area contributed by atoms with E-state index in [4.69, 9.17) is 9.47 Å². The van der Waals surface area contributed by atoms with Crippen LogP contribution in [0.2, 0.25) is 0 Å². The Bertz CT molecular complexity index is 723. The van der Waals surface area contributed by atoms with Crippen LogP contribution in [0.4, 0.5) is 4.79 Å². The normalized spacial score (nSPS) is 18.4. The molecule has 3 rings (SSSR count). The Labute approximate surface area is 153 Å². The zero-order valence-electron chi connectivity index (χ0n) is 15.2. The van der Waals surface area contributed by atoms with E-state index in [2.05, 4.69) is 10.4 Å². The van der Waals surface area contributed by atoms with Gasteiger partial charge in [-0.2, -0.15) is 4.37 Å². The molecule has 25 heavy (non-hydrogen) atoms. The molecule has 2 aromatic rings. The van der Waals surface area contributed by atoms with Crippen LogP contribution in [0.1, 0.15) is 40.0 Å². The third kappa shape index (κ3) is 4.84. The van der Waals surface area contributed by atoms with E-state index in [1.54, 1.807) is 0 Å². The number of nitrogens with zero attached hydrogens (tertiary/aromatic N) is 2. The first-order chi connectivity index (χ1) is 11.9. The summed E-state index contributed by atoms with van der Waals surface area (Å²) in [6.07, 6.45) is 2.86. The lowest BCUT2D eigenvalue weighted by molar-refractivity contribution is 0.0154. The molecule has 0 spiro atoms. The van der Waals surface area contributed by atoms with Crippen molar-refractivity contribution >= 4 is 27.7 Å². The number of aromatic nitrogens is 1. The molecule has 1 fully saturated rings. The van der Waals surface area contributed by atoms with Gasteiger partial charge in [-0.25, -0.2) is 4.79 Å². The van der Waals surface area contributed by atoms with Crippen molar-refractivity contribution in [2.24, 2.45) is 5.92 Å². The maximum Gasteiger partial charge on any atom is 0.410 e. The summed E-state index contributed by atoms with van der Waals surface area (Å²) in [5.41, 5.74) is -0.446. The van der Waals surface area contributed by atoms with Gasteiger partial charge in [0.05, 0.1) is 16.7 Å². The van der Waals surface area contributed by atoms with Gasteiger partial charge in [-0.1, -0.05) is 12.1 Å². The Kier molecular flexibility index (Phi) is 5.47. The van der Waals surface area contributed by atoms with Gasteiger partial charge in [0.25, 0.3) is 0 Å². The Balaban J connectivity index is 1.49. The lowest BCUT2D eigenvalue weighted by Crippen LogP contribution is -2.43. The van der Waals surface area contributed by atoms with Crippen LogP contribution in [-0.2, 0) is 4.74 Å². The molecule has 1 atom stereocenters. The molecule has 0 saturated carbocycles. The molecule has 1 aromatic heterocycles. The van der Waals surface area contributed by atoms with E-state index in [0.717, 1.165) is 48.3 Å². The summed E-state index contributed by atoms with van der Waals surface area (Å²) in [5, 5.41) is 1.08. The van der Waals surface area contributed by atoms with Gasteiger partial charge >= 0.3 is 6.09 Å². The monoisotopic (exact) mass is 362 g/mol. The second-order valence-electron chi connectivity index (χ2n) is 7.56. The van der Waals surface area contributed by atoms with Crippen molar-refractivity contribution in [1.29, 1.82) is 0 Å². The van der Waals surface area contributed by atoms with Crippen LogP contribution >= 0.6 is 11.5 Å². The topological polar surface area (TPSA) is 51.7 Å². The first kappa shape index (κ1) is 18.0. The fraction of sp³-hybridized carbons (Fsp3) is 0.579. The van der Waals surface area contributed by atoms with Crippen molar-refractivity contribution in [2.45, 2.75) is 45.6 Å². The minimum atomic E-state index is -0.446. The Morgan fingerprint density at radius 1 is 1.36 bits per heavy atom. The van der Waals surface area contributed by atoms with Crippen molar-refractivity contribution in [2.75, 3.05) is 19.7 Å². The average Bonchev–Trinajstić information content (AvgIpc) is 2.97. The lowest BCUT2D eigenvalue weighted by atomic mass is 9.95. The van der Waals surface area contributed by atoms with Gasteiger partial charge in [-0.3, -0.25) is 0 Å². The molecule has 0 unspecified atom stereocenters. The van der Waals surface area contributed by atoms with E-state index >= 15 is 0 Å². The van der Waals surface area contributed by atoms with E-state index in [1.807, 2.05) is 43.9 Å². The van der Waals surface area contributed by atoms with Crippen molar-refractivity contribution in [3.05, 3.63) is 24.3 Å². The summed E-state index contributed by atoms with van der Waals surface area (Å²) in [4.78, 5) is 14.1. The second kappa shape index (κ2) is 7.60. The highest BCUT2D eigenvalue weighted by Crippen LogP contribution is 2.29. The maximum atomic E-state index is 12.2. The number of carbonyl (C=O) groups excluding carboxylic acids is 1. The summed E-state index contributed by atoms with van der Waals surface area (Å²) in [6.45, 7) is 7.86. The zero-order valence-corrected chi connectivity index (χ0v) is 16.0. The predicted molar refractivity (Wildman–Crippen MR) is 100 cm³/mol. The quantitative estimate of drug-likeness (QED) is 0.790. The van der Waals surface area contributed by atoms with Crippen LogP contribution in [0.5, 0.6) is 5.88 Å². The molecule has 2 heterocycles. The van der Waals surface area contributed by atoms with Crippen LogP contribution in [0.15, 0.2) is 24.3 Å². The number of carbonyl (C=O) groups is 1. The Hall–Kier alpha value is -1.82. The minimum absolute atomic E-state index is 0.205. The van der Waals surface area contributed by atoms with Gasteiger partial charge in [0, 0.05) is 13.1 Å². The van der Waals surface area contributed by atoms with Crippen LogP contribution in [-0.4, -0.2) is 40.7 Å². The number of fused-ring (bicyclic) bond motifs is 1. The molecule has 0 radical (unpaired) electrons. The maximum absolute atomic E-state index is 12.2. The fourth-order valence-corrected chi connectivity index (χ4v) is 3.81. The molecule has 6 heteroatoms. The Morgan fingerprint density at radius 3 is 2.96 bits per heavy atom. The molecule has 1 saturated heterocycles. The van der Waals surface area contributed by atoms with E-state index in [0.29, 0.717) is 12.5 Å². The first-order valence-electron chi connectivity index (χ1n) is 8.87. The molecule has 1 aromatic carbocycles. The number of rotatable bonds is 4. The van der Waals surface area contributed by atoms with E-state index in [9.17, 15) is 4.79 Å². The standard InChI is InChI=1S/C19H26N2O3S/c1-19(2,3)24-18(22)21-11-6-7-14(13-21)10-12-23-17-15-8-4-5-9-16(15)25-20-17/h4-5,8-9,14H,6-7,10-13H2,1-3H3/t14-/m0/s1. The molecule has 1 aliphatic heterocycles. The summed E-state index contributed by atoms with van der Waals surface area (Å²) >= 11 is 1.47. The SMILES string of the molecule is CC(C)(C)OC(=O)N1CCC[C@@H](CCOc2nsc3ccccc23)C1. The van der Waals surface area contributed by atoms with Crippen molar-refractivity contribution in [3.8, 4) is 5.88 Å². The average molecular weight is 362 g/mol.